The van der Waals surface area contributed by atoms with Crippen LogP contribution in [0.25, 0.3) is 0 Å². The maximum atomic E-state index is 11.0. The first kappa shape index (κ1) is 12.6. The maximum absolute atomic E-state index is 11.0. The van der Waals surface area contributed by atoms with Crippen LogP contribution in [0.1, 0.15) is 13.3 Å². The summed E-state index contributed by atoms with van der Waals surface area (Å²) in [6.45, 7) is 2.29. The van der Waals surface area contributed by atoms with Gasteiger partial charge in [-0.05, 0) is 6.42 Å². The van der Waals surface area contributed by atoms with Crippen molar-refractivity contribution in [2.75, 3.05) is 20.3 Å². The van der Waals surface area contributed by atoms with Crippen molar-refractivity contribution in [3.8, 4) is 6.07 Å². The number of nitriles is 1. The van der Waals surface area contributed by atoms with Crippen molar-refractivity contribution in [1.29, 1.82) is 5.26 Å². The summed E-state index contributed by atoms with van der Waals surface area (Å²) in [6, 6.07) is 1.72. The molecular weight excluding hydrogens is 186 g/mol. The van der Waals surface area contributed by atoms with Gasteiger partial charge in [0.15, 0.2) is 0 Å². The lowest BCUT2D eigenvalue weighted by atomic mass is 10.2. The van der Waals surface area contributed by atoms with Crippen molar-refractivity contribution in [3.05, 3.63) is 11.6 Å². The third-order valence-electron chi connectivity index (χ3n) is 1.25. The van der Waals surface area contributed by atoms with Crippen molar-refractivity contribution >= 4 is 5.97 Å². The lowest BCUT2D eigenvalue weighted by Crippen LogP contribution is -2.10. The first-order chi connectivity index (χ1) is 6.76. The second kappa shape index (κ2) is 8.23. The van der Waals surface area contributed by atoms with E-state index < -0.39 is 5.97 Å². The molecule has 0 rings (SSSR count). The molecule has 0 aliphatic heterocycles. The Balaban J connectivity index is 3.84. The van der Waals surface area contributed by atoms with Crippen molar-refractivity contribution in [3.63, 3.8) is 0 Å². The zero-order valence-electron chi connectivity index (χ0n) is 8.28. The molecule has 0 fully saturated rings. The molecule has 0 aromatic rings. The molecule has 0 bridgehead atoms. The first-order valence-electron chi connectivity index (χ1n) is 4.19. The van der Waals surface area contributed by atoms with E-state index >= 15 is 0 Å². The highest BCUT2D eigenvalue weighted by molar-refractivity contribution is 5.92. The van der Waals surface area contributed by atoms with Crippen LogP contribution in [0.4, 0.5) is 0 Å². The standard InChI is InChI=1S/C9H13NO4/c1-3-4-8(7-10)9(11)14-13-6-5-12-2/h4H,3,5-6H2,1-2H3. The molecule has 0 N–H and O–H groups in total. The van der Waals surface area contributed by atoms with E-state index in [1.54, 1.807) is 6.07 Å². The second-order valence-corrected chi connectivity index (χ2v) is 2.32. The third-order valence-corrected chi connectivity index (χ3v) is 1.25. The van der Waals surface area contributed by atoms with Crippen molar-refractivity contribution < 1.29 is 19.3 Å². The molecular formula is C9H13NO4. The van der Waals surface area contributed by atoms with E-state index in [-0.39, 0.29) is 12.2 Å². The number of ether oxygens (including phenoxy) is 1. The van der Waals surface area contributed by atoms with Gasteiger partial charge >= 0.3 is 5.97 Å². The Bertz CT molecular complexity index is 242. The second-order valence-electron chi connectivity index (χ2n) is 2.32. The first-order valence-corrected chi connectivity index (χ1v) is 4.19. The summed E-state index contributed by atoms with van der Waals surface area (Å²) < 4.78 is 4.66. The molecule has 14 heavy (non-hydrogen) atoms. The van der Waals surface area contributed by atoms with Crippen LogP contribution in [0.5, 0.6) is 0 Å². The molecule has 5 heteroatoms. The summed E-state index contributed by atoms with van der Waals surface area (Å²) in [4.78, 5) is 19.9. The fourth-order valence-electron chi connectivity index (χ4n) is 0.636. The fourth-order valence-corrected chi connectivity index (χ4v) is 0.636. The lowest BCUT2D eigenvalue weighted by molar-refractivity contribution is -0.271. The summed E-state index contributed by atoms with van der Waals surface area (Å²) in [7, 11) is 1.50. The summed E-state index contributed by atoms with van der Waals surface area (Å²) in [6.07, 6.45) is 2.07. The van der Waals surface area contributed by atoms with Gasteiger partial charge in [0, 0.05) is 7.11 Å². The van der Waals surface area contributed by atoms with E-state index in [1.807, 2.05) is 6.92 Å². The third kappa shape index (κ3) is 5.30. The Hall–Kier alpha value is -1.38. The van der Waals surface area contributed by atoms with Gasteiger partial charge in [-0.25, -0.2) is 4.79 Å². The van der Waals surface area contributed by atoms with E-state index in [0.29, 0.717) is 13.0 Å². The molecule has 0 aliphatic rings. The minimum atomic E-state index is -0.773. The SMILES string of the molecule is CCC=C(C#N)C(=O)OOCCOC. The number of allylic oxidation sites excluding steroid dienone is 1. The van der Waals surface area contributed by atoms with Gasteiger partial charge in [-0.15, -0.1) is 0 Å². The van der Waals surface area contributed by atoms with Gasteiger partial charge in [0.25, 0.3) is 0 Å². The minimum Gasteiger partial charge on any atom is -0.382 e. The normalized spacial score (nSPS) is 10.8. The molecule has 0 atom stereocenters. The number of nitrogens with zero attached hydrogens (tertiary/aromatic N) is 1. The van der Waals surface area contributed by atoms with Gasteiger partial charge in [-0.2, -0.15) is 10.1 Å². The Morgan fingerprint density at radius 2 is 2.21 bits per heavy atom. The number of carbonyl (C=O) groups is 1. The highest BCUT2D eigenvalue weighted by Crippen LogP contribution is 1.98. The molecule has 0 saturated carbocycles. The Morgan fingerprint density at radius 3 is 2.71 bits per heavy atom. The van der Waals surface area contributed by atoms with Gasteiger partial charge in [0.05, 0.1) is 6.61 Å². The van der Waals surface area contributed by atoms with Gasteiger partial charge in [0.2, 0.25) is 0 Å². The number of rotatable bonds is 6. The van der Waals surface area contributed by atoms with Crippen LogP contribution < -0.4 is 0 Å². The van der Waals surface area contributed by atoms with Crippen LogP contribution in [-0.4, -0.2) is 26.3 Å². The van der Waals surface area contributed by atoms with Crippen molar-refractivity contribution in [2.24, 2.45) is 0 Å². The summed E-state index contributed by atoms with van der Waals surface area (Å²) in [5.41, 5.74) is -0.0510. The number of carbonyl (C=O) groups excluding carboxylic acids is 1. The molecule has 78 valence electrons. The van der Waals surface area contributed by atoms with Crippen molar-refractivity contribution in [2.45, 2.75) is 13.3 Å². The molecule has 0 amide bonds. The Labute approximate surface area is 82.8 Å². The van der Waals surface area contributed by atoms with Crippen LogP contribution in [0.15, 0.2) is 11.6 Å². The predicted molar refractivity (Wildman–Crippen MR) is 47.9 cm³/mol. The van der Waals surface area contributed by atoms with Gasteiger partial charge in [-0.3, -0.25) is 4.89 Å². The minimum absolute atomic E-state index is 0.0510. The molecule has 0 radical (unpaired) electrons. The highest BCUT2D eigenvalue weighted by atomic mass is 17.2. The maximum Gasteiger partial charge on any atom is 0.383 e. The van der Waals surface area contributed by atoms with Crippen LogP contribution in [0.2, 0.25) is 0 Å². The smallest absolute Gasteiger partial charge is 0.382 e. The number of hydrogen-bond acceptors (Lipinski definition) is 5. The van der Waals surface area contributed by atoms with Crippen molar-refractivity contribution in [1.82, 2.24) is 0 Å². The van der Waals surface area contributed by atoms with Crippen LogP contribution in [0, 0.1) is 11.3 Å². The molecule has 0 aromatic carbocycles. The molecule has 0 spiro atoms. The van der Waals surface area contributed by atoms with E-state index in [4.69, 9.17) is 5.26 Å². The Kier molecular flexibility index (Phi) is 7.42. The largest absolute Gasteiger partial charge is 0.383 e. The van der Waals surface area contributed by atoms with Gasteiger partial charge in [-0.1, -0.05) is 13.0 Å². The summed E-state index contributed by atoms with van der Waals surface area (Å²) >= 11 is 0. The molecule has 0 aromatic heterocycles. The van der Waals surface area contributed by atoms with Crippen LogP contribution in [0.3, 0.4) is 0 Å². The molecule has 0 saturated heterocycles. The number of hydrogen-bond donors (Lipinski definition) is 0. The number of methoxy groups -OCH3 is 1. The average Bonchev–Trinajstić information content (AvgIpc) is 2.20. The molecule has 5 nitrogen and oxygen atoms in total. The average molecular weight is 199 g/mol. The van der Waals surface area contributed by atoms with E-state index in [2.05, 4.69) is 14.5 Å². The van der Waals surface area contributed by atoms with E-state index in [1.165, 1.54) is 13.2 Å². The zero-order valence-corrected chi connectivity index (χ0v) is 8.28. The highest BCUT2D eigenvalue weighted by Gasteiger charge is 2.10. The summed E-state index contributed by atoms with van der Waals surface area (Å²) in [5.74, 6) is -0.773. The van der Waals surface area contributed by atoms with E-state index in [9.17, 15) is 4.79 Å². The monoisotopic (exact) mass is 199 g/mol. The van der Waals surface area contributed by atoms with Gasteiger partial charge < -0.3 is 4.74 Å². The van der Waals surface area contributed by atoms with Gasteiger partial charge in [0.1, 0.15) is 18.2 Å². The predicted octanol–water partition coefficient (Wildman–Crippen LogP) is 0.968. The molecule has 0 heterocycles. The van der Waals surface area contributed by atoms with Crippen LogP contribution in [-0.2, 0) is 19.3 Å². The lowest BCUT2D eigenvalue weighted by Gasteiger charge is -2.01. The topological polar surface area (TPSA) is 68.6 Å². The quantitative estimate of drug-likeness (QED) is 0.209. The molecule has 0 aliphatic carbocycles. The Morgan fingerprint density at radius 1 is 1.50 bits per heavy atom. The summed E-state index contributed by atoms with van der Waals surface area (Å²) in [5, 5.41) is 8.53. The fraction of sp³-hybridized carbons (Fsp3) is 0.556. The zero-order chi connectivity index (χ0) is 10.8. The van der Waals surface area contributed by atoms with Crippen LogP contribution >= 0.6 is 0 Å². The van der Waals surface area contributed by atoms with E-state index in [0.717, 1.165) is 0 Å². The molecule has 0 unspecified atom stereocenters.